The van der Waals surface area contributed by atoms with Gasteiger partial charge in [-0.25, -0.2) is 8.78 Å². The summed E-state index contributed by atoms with van der Waals surface area (Å²) in [6.07, 6.45) is 4.40. The SMILES string of the molecule is O=C(NCc1ccc(F)cc1F)c1cn2c(c(O)c1=O)C(=O)N(CC1CCOCC1)CN2Cc1ccccn1. The van der Waals surface area contributed by atoms with Crippen molar-refractivity contribution in [1.29, 1.82) is 0 Å². The van der Waals surface area contributed by atoms with Crippen LogP contribution in [0.25, 0.3) is 0 Å². The largest absolute Gasteiger partial charge is 0.502 e. The van der Waals surface area contributed by atoms with E-state index in [1.54, 1.807) is 28.2 Å². The zero-order chi connectivity index (χ0) is 27.5. The smallest absolute Gasteiger partial charge is 0.277 e. The van der Waals surface area contributed by atoms with Crippen LogP contribution in [0.3, 0.4) is 0 Å². The second kappa shape index (κ2) is 11.2. The van der Waals surface area contributed by atoms with E-state index in [1.165, 1.54) is 16.9 Å². The summed E-state index contributed by atoms with van der Waals surface area (Å²) in [5.74, 6) is -3.68. The van der Waals surface area contributed by atoms with Crippen LogP contribution < -0.4 is 15.8 Å². The predicted octanol–water partition coefficient (Wildman–Crippen LogP) is 2.14. The number of rotatable bonds is 7. The lowest BCUT2D eigenvalue weighted by atomic mass is 9.99. The Morgan fingerprint density at radius 3 is 2.67 bits per heavy atom. The molecule has 39 heavy (non-hydrogen) atoms. The van der Waals surface area contributed by atoms with Gasteiger partial charge in [0.25, 0.3) is 11.8 Å². The normalized spacial score (nSPS) is 15.8. The van der Waals surface area contributed by atoms with Crippen LogP contribution in [0.5, 0.6) is 5.75 Å². The molecule has 0 spiro atoms. The number of amides is 2. The third kappa shape index (κ3) is 5.60. The van der Waals surface area contributed by atoms with E-state index in [9.17, 15) is 28.3 Å². The van der Waals surface area contributed by atoms with Crippen molar-refractivity contribution in [1.82, 2.24) is 19.9 Å². The molecule has 4 heterocycles. The van der Waals surface area contributed by atoms with Gasteiger partial charge >= 0.3 is 0 Å². The lowest BCUT2D eigenvalue weighted by Crippen LogP contribution is -2.55. The molecule has 0 atom stereocenters. The maximum absolute atomic E-state index is 14.0. The van der Waals surface area contributed by atoms with Gasteiger partial charge in [-0.2, -0.15) is 0 Å². The minimum absolute atomic E-state index is 0.0164. The lowest BCUT2D eigenvalue weighted by molar-refractivity contribution is 0.0412. The summed E-state index contributed by atoms with van der Waals surface area (Å²) < 4.78 is 34.0. The first-order chi connectivity index (χ1) is 18.8. The second-order valence-electron chi connectivity index (χ2n) is 9.54. The molecule has 5 rings (SSSR count). The molecule has 2 amide bonds. The van der Waals surface area contributed by atoms with Gasteiger partial charge in [-0.3, -0.25) is 29.1 Å². The number of hydrogen-bond acceptors (Lipinski definition) is 7. The summed E-state index contributed by atoms with van der Waals surface area (Å²) in [5.41, 5.74) is -1.04. The number of pyridine rings is 2. The summed E-state index contributed by atoms with van der Waals surface area (Å²) in [5, 5.41) is 15.0. The number of carbonyl (C=O) groups excluding carboxylic acids is 2. The zero-order valence-corrected chi connectivity index (χ0v) is 21.0. The van der Waals surface area contributed by atoms with Gasteiger partial charge in [0.05, 0.1) is 12.2 Å². The van der Waals surface area contributed by atoms with E-state index >= 15 is 0 Å². The van der Waals surface area contributed by atoms with E-state index in [0.29, 0.717) is 31.5 Å². The number of benzene rings is 1. The van der Waals surface area contributed by atoms with Gasteiger partial charge in [0.1, 0.15) is 23.9 Å². The van der Waals surface area contributed by atoms with Crippen LogP contribution in [-0.2, 0) is 17.8 Å². The molecule has 10 nitrogen and oxygen atoms in total. The molecule has 1 saturated heterocycles. The number of ether oxygens (including phenoxy) is 1. The number of nitrogens with one attached hydrogen (secondary N) is 1. The van der Waals surface area contributed by atoms with Crippen molar-refractivity contribution >= 4 is 11.8 Å². The zero-order valence-electron chi connectivity index (χ0n) is 21.0. The Labute approximate surface area is 222 Å². The Balaban J connectivity index is 1.47. The Morgan fingerprint density at radius 1 is 1.15 bits per heavy atom. The maximum Gasteiger partial charge on any atom is 0.277 e. The molecule has 204 valence electrons. The second-order valence-corrected chi connectivity index (χ2v) is 9.54. The first-order valence-corrected chi connectivity index (χ1v) is 12.5. The number of carbonyl (C=O) groups is 2. The first kappa shape index (κ1) is 26.3. The highest BCUT2D eigenvalue weighted by molar-refractivity contribution is 5.99. The first-order valence-electron chi connectivity index (χ1n) is 12.5. The van der Waals surface area contributed by atoms with Crippen molar-refractivity contribution in [3.05, 3.63) is 93.2 Å². The minimum atomic E-state index is -1.03. The van der Waals surface area contributed by atoms with E-state index in [4.69, 9.17) is 4.74 Å². The van der Waals surface area contributed by atoms with Crippen molar-refractivity contribution in [2.24, 2.45) is 5.92 Å². The third-order valence-corrected chi connectivity index (χ3v) is 6.88. The summed E-state index contributed by atoms with van der Waals surface area (Å²) in [4.78, 5) is 45.4. The molecule has 2 aliphatic rings. The van der Waals surface area contributed by atoms with E-state index in [-0.39, 0.29) is 36.9 Å². The minimum Gasteiger partial charge on any atom is -0.502 e. The molecule has 1 fully saturated rings. The number of nitrogens with zero attached hydrogens (tertiary/aromatic N) is 4. The maximum atomic E-state index is 14.0. The molecule has 0 aliphatic carbocycles. The molecule has 2 aromatic heterocycles. The average molecular weight is 540 g/mol. The van der Waals surface area contributed by atoms with Gasteiger partial charge in [0.2, 0.25) is 5.43 Å². The van der Waals surface area contributed by atoms with Crippen molar-refractivity contribution in [2.45, 2.75) is 25.9 Å². The van der Waals surface area contributed by atoms with Crippen molar-refractivity contribution in [2.75, 3.05) is 31.4 Å². The molecule has 1 aromatic carbocycles. The summed E-state index contributed by atoms with van der Waals surface area (Å²) in [6, 6.07) is 8.30. The van der Waals surface area contributed by atoms with Gasteiger partial charge in [-0.1, -0.05) is 12.1 Å². The van der Waals surface area contributed by atoms with Crippen molar-refractivity contribution in [3.8, 4) is 5.75 Å². The summed E-state index contributed by atoms with van der Waals surface area (Å²) >= 11 is 0. The van der Waals surface area contributed by atoms with Gasteiger partial charge < -0.3 is 20.1 Å². The molecule has 0 unspecified atom stereocenters. The quantitative estimate of drug-likeness (QED) is 0.473. The van der Waals surface area contributed by atoms with Crippen LogP contribution in [0.1, 0.15) is 44.9 Å². The lowest BCUT2D eigenvalue weighted by Gasteiger charge is -2.41. The number of halogens is 2. The molecule has 12 heteroatoms. The number of hydrogen-bond donors (Lipinski definition) is 2. The highest BCUT2D eigenvalue weighted by Gasteiger charge is 2.35. The monoisotopic (exact) mass is 539 g/mol. The highest BCUT2D eigenvalue weighted by atomic mass is 19.1. The van der Waals surface area contributed by atoms with Gasteiger partial charge in [-0.05, 0) is 37.0 Å². The molecule has 3 aromatic rings. The summed E-state index contributed by atoms with van der Waals surface area (Å²) in [6.45, 7) is 1.65. The van der Waals surface area contributed by atoms with Gasteiger partial charge in [0, 0.05) is 50.3 Å². The fourth-order valence-corrected chi connectivity index (χ4v) is 4.77. The number of aromatic hydroxyl groups is 1. The highest BCUT2D eigenvalue weighted by Crippen LogP contribution is 2.25. The van der Waals surface area contributed by atoms with E-state index in [1.807, 2.05) is 6.07 Å². The Kier molecular flexibility index (Phi) is 7.55. The fourth-order valence-electron chi connectivity index (χ4n) is 4.77. The standard InChI is InChI=1S/C27H27F2N5O5/c28-19-5-4-18(22(29)11-19)12-31-26(37)21-15-34-23(25(36)24(21)35)27(38)32(13-17-6-9-39-10-7-17)16-33(34)14-20-3-1-2-8-30-20/h1-5,8,11,15,17,36H,6-7,9-10,12-14,16H2,(H,31,37). The Bertz CT molecular complexity index is 1440. The molecule has 0 radical (unpaired) electrons. The molecule has 2 N–H and O–H groups in total. The van der Waals surface area contributed by atoms with Gasteiger partial charge in [-0.15, -0.1) is 0 Å². The van der Waals surface area contributed by atoms with E-state index in [2.05, 4.69) is 10.3 Å². The molecule has 2 aliphatic heterocycles. The van der Waals surface area contributed by atoms with Crippen LogP contribution >= 0.6 is 0 Å². The van der Waals surface area contributed by atoms with Crippen LogP contribution in [0.4, 0.5) is 8.78 Å². The Hall–Kier alpha value is -4.32. The molecular formula is C27H27F2N5O5. The van der Waals surface area contributed by atoms with Crippen molar-refractivity contribution in [3.63, 3.8) is 0 Å². The molecule has 0 saturated carbocycles. The number of fused-ring (bicyclic) bond motifs is 1. The van der Waals surface area contributed by atoms with Crippen LogP contribution in [0.2, 0.25) is 0 Å². The summed E-state index contributed by atoms with van der Waals surface area (Å²) in [7, 11) is 0. The van der Waals surface area contributed by atoms with E-state index < -0.39 is 40.2 Å². The fraction of sp³-hybridized carbons (Fsp3) is 0.333. The van der Waals surface area contributed by atoms with Crippen molar-refractivity contribution < 1.29 is 28.2 Å². The van der Waals surface area contributed by atoms with E-state index in [0.717, 1.165) is 18.9 Å². The van der Waals surface area contributed by atoms with Crippen LogP contribution in [0, 0.1) is 17.6 Å². The topological polar surface area (TPSA) is 117 Å². The molecular weight excluding hydrogens is 512 g/mol. The average Bonchev–Trinajstić information content (AvgIpc) is 2.93. The Morgan fingerprint density at radius 2 is 1.95 bits per heavy atom. The van der Waals surface area contributed by atoms with Crippen LogP contribution in [0.15, 0.2) is 53.6 Å². The van der Waals surface area contributed by atoms with Gasteiger partial charge in [0.15, 0.2) is 11.4 Å². The third-order valence-electron chi connectivity index (χ3n) is 6.88. The number of aromatic nitrogens is 2. The molecule has 0 bridgehead atoms. The predicted molar refractivity (Wildman–Crippen MR) is 135 cm³/mol. The van der Waals surface area contributed by atoms with Crippen LogP contribution in [-0.4, -0.2) is 57.9 Å².